The molecule has 0 radical (unpaired) electrons. The van der Waals surface area contributed by atoms with Gasteiger partial charge >= 0.3 is 0 Å². The molecule has 2 aliphatic heterocycles. The van der Waals surface area contributed by atoms with E-state index < -0.39 is 11.6 Å². The van der Waals surface area contributed by atoms with Crippen molar-refractivity contribution >= 4 is 17.4 Å². The molecule has 7 nitrogen and oxygen atoms in total. The lowest BCUT2D eigenvalue weighted by atomic mass is 10.0. The molecule has 3 aromatic rings. The predicted octanol–water partition coefficient (Wildman–Crippen LogP) is 3.19. The average molecular weight is 460 g/mol. The molecule has 4 heterocycles. The van der Waals surface area contributed by atoms with E-state index in [2.05, 4.69) is 20.2 Å². The van der Waals surface area contributed by atoms with Crippen LogP contribution < -0.4 is 4.90 Å². The van der Waals surface area contributed by atoms with Gasteiger partial charge in [-0.2, -0.15) is 5.10 Å². The zero-order valence-electron chi connectivity index (χ0n) is 18.3. The molecule has 32 heavy (non-hydrogen) atoms. The van der Waals surface area contributed by atoms with Crippen LogP contribution in [0.2, 0.25) is 0 Å². The number of benzene rings is 1. The minimum atomic E-state index is -0.463. The zero-order chi connectivity index (χ0) is 22.2. The quantitative estimate of drug-likeness (QED) is 0.400. The minimum Gasteiger partial charge on any atom is -0.362 e. The van der Waals surface area contributed by atoms with Crippen LogP contribution in [0.3, 0.4) is 0 Å². The Hall–Kier alpha value is -2.46. The molecule has 2 unspecified atom stereocenters. The topological polar surface area (TPSA) is 55.0 Å². The molecule has 170 valence electrons. The number of hydrogen-bond donors (Lipinski definition) is 0. The lowest BCUT2D eigenvalue weighted by molar-refractivity contribution is 0.318. The number of para-hydroxylation sites is 1. The Balaban J connectivity index is 1.14. The summed E-state index contributed by atoms with van der Waals surface area (Å²) in [7, 11) is 3.87. The van der Waals surface area contributed by atoms with Crippen molar-refractivity contribution in [2.24, 2.45) is 20.0 Å². The van der Waals surface area contributed by atoms with Gasteiger partial charge in [-0.3, -0.25) is 4.68 Å². The molecule has 2 fully saturated rings. The molecule has 0 amide bonds. The number of hydrogen-bond acceptors (Lipinski definition) is 6. The van der Waals surface area contributed by atoms with Crippen molar-refractivity contribution in [2.75, 3.05) is 36.8 Å². The molecule has 0 aliphatic carbocycles. The van der Waals surface area contributed by atoms with E-state index in [1.807, 2.05) is 29.6 Å². The standard InChI is InChI=1S/C22H27F2N7S/c1-28-21(18-7-9-25-29(18)2)26-27-22(28)32-12-4-10-30-13-15-8-11-31(19(15)14-30)20-16(23)5-3-6-17(20)24/h3,5-7,9,15,19H,4,8,10-14H2,1-2H3. The smallest absolute Gasteiger partial charge is 0.191 e. The van der Waals surface area contributed by atoms with Gasteiger partial charge in [-0.1, -0.05) is 17.8 Å². The second kappa shape index (κ2) is 8.82. The fourth-order valence-corrected chi connectivity index (χ4v) is 5.82. The molecule has 10 heteroatoms. The molecule has 0 spiro atoms. The number of halogens is 2. The lowest BCUT2D eigenvalue weighted by Crippen LogP contribution is -2.36. The first-order valence-electron chi connectivity index (χ1n) is 11.0. The van der Waals surface area contributed by atoms with Crippen molar-refractivity contribution < 1.29 is 8.78 Å². The van der Waals surface area contributed by atoms with Crippen LogP contribution in [0.15, 0.2) is 35.6 Å². The average Bonchev–Trinajstić information content (AvgIpc) is 3.52. The fraction of sp³-hybridized carbons (Fsp3) is 0.500. The summed E-state index contributed by atoms with van der Waals surface area (Å²) in [5.41, 5.74) is 1.08. The van der Waals surface area contributed by atoms with E-state index in [1.54, 1.807) is 22.6 Å². The summed E-state index contributed by atoms with van der Waals surface area (Å²) in [6, 6.07) is 6.24. The van der Waals surface area contributed by atoms with Crippen LogP contribution >= 0.6 is 11.8 Å². The van der Waals surface area contributed by atoms with Gasteiger partial charge in [0.25, 0.3) is 0 Å². The summed E-state index contributed by atoms with van der Waals surface area (Å²) >= 11 is 1.70. The number of fused-ring (bicyclic) bond motifs is 1. The third-order valence-electron chi connectivity index (χ3n) is 6.58. The zero-order valence-corrected chi connectivity index (χ0v) is 19.1. The van der Waals surface area contributed by atoms with Crippen molar-refractivity contribution in [3.8, 4) is 11.5 Å². The summed E-state index contributed by atoms with van der Waals surface area (Å²) in [6.07, 6.45) is 3.76. The molecule has 2 atom stereocenters. The Bertz CT molecular complexity index is 1080. The van der Waals surface area contributed by atoms with Gasteiger partial charge in [-0.05, 0) is 43.5 Å². The van der Waals surface area contributed by atoms with E-state index in [0.29, 0.717) is 5.92 Å². The number of thioether (sulfide) groups is 1. The van der Waals surface area contributed by atoms with Crippen LogP contribution in [-0.4, -0.2) is 67.4 Å². The molecular weight excluding hydrogens is 432 g/mol. The summed E-state index contributed by atoms with van der Waals surface area (Å²) in [6.45, 7) is 3.55. The largest absolute Gasteiger partial charge is 0.362 e. The number of rotatable bonds is 7. The van der Waals surface area contributed by atoms with E-state index in [9.17, 15) is 8.78 Å². The molecular formula is C22H27F2N7S. The van der Waals surface area contributed by atoms with Crippen LogP contribution in [0.5, 0.6) is 0 Å². The van der Waals surface area contributed by atoms with Crippen LogP contribution in [-0.2, 0) is 14.1 Å². The van der Waals surface area contributed by atoms with E-state index in [1.165, 1.54) is 18.2 Å². The van der Waals surface area contributed by atoms with E-state index in [4.69, 9.17) is 0 Å². The Kier molecular flexibility index (Phi) is 5.90. The van der Waals surface area contributed by atoms with Gasteiger partial charge < -0.3 is 14.4 Å². The van der Waals surface area contributed by atoms with Crippen LogP contribution in [0.25, 0.3) is 11.5 Å². The third kappa shape index (κ3) is 3.90. The Morgan fingerprint density at radius 1 is 1.09 bits per heavy atom. The molecule has 0 saturated carbocycles. The monoisotopic (exact) mass is 459 g/mol. The van der Waals surface area contributed by atoms with Gasteiger partial charge in [0.2, 0.25) is 0 Å². The number of aromatic nitrogens is 5. The van der Waals surface area contributed by atoms with Gasteiger partial charge in [0.1, 0.15) is 23.0 Å². The third-order valence-corrected chi connectivity index (χ3v) is 7.69. The van der Waals surface area contributed by atoms with Gasteiger partial charge in [-0.15, -0.1) is 10.2 Å². The lowest BCUT2D eigenvalue weighted by Gasteiger charge is -2.27. The van der Waals surface area contributed by atoms with Crippen molar-refractivity contribution in [3.63, 3.8) is 0 Å². The van der Waals surface area contributed by atoms with Crippen LogP contribution in [0.1, 0.15) is 12.8 Å². The van der Waals surface area contributed by atoms with Crippen molar-refractivity contribution in [2.45, 2.75) is 24.0 Å². The number of aryl methyl sites for hydroxylation is 1. The summed E-state index contributed by atoms with van der Waals surface area (Å²) < 4.78 is 32.4. The Morgan fingerprint density at radius 3 is 2.66 bits per heavy atom. The Morgan fingerprint density at radius 2 is 1.91 bits per heavy atom. The SMILES string of the molecule is Cn1nccc1-c1nnc(SCCCN2CC3CCN(c4c(F)cccc4F)C3C2)n1C. The second-order valence-corrected chi connectivity index (χ2v) is 9.61. The highest BCUT2D eigenvalue weighted by molar-refractivity contribution is 7.99. The maximum atomic E-state index is 14.3. The fourth-order valence-electron chi connectivity index (χ4n) is 4.98. The molecule has 2 saturated heterocycles. The molecule has 2 aliphatic rings. The van der Waals surface area contributed by atoms with Gasteiger partial charge in [0, 0.05) is 51.7 Å². The summed E-state index contributed by atoms with van der Waals surface area (Å²) in [4.78, 5) is 4.38. The number of anilines is 1. The van der Waals surface area contributed by atoms with Gasteiger partial charge in [-0.25, -0.2) is 8.78 Å². The number of nitrogens with zero attached hydrogens (tertiary/aromatic N) is 7. The van der Waals surface area contributed by atoms with Crippen molar-refractivity contribution in [1.29, 1.82) is 0 Å². The first-order valence-corrected chi connectivity index (χ1v) is 11.9. The van der Waals surface area contributed by atoms with Crippen molar-refractivity contribution in [1.82, 2.24) is 29.4 Å². The van der Waals surface area contributed by atoms with Crippen molar-refractivity contribution in [3.05, 3.63) is 42.1 Å². The van der Waals surface area contributed by atoms with E-state index in [-0.39, 0.29) is 11.7 Å². The van der Waals surface area contributed by atoms with E-state index in [0.717, 1.165) is 61.4 Å². The maximum absolute atomic E-state index is 14.3. The Labute approximate surface area is 190 Å². The molecule has 2 aromatic heterocycles. The second-order valence-electron chi connectivity index (χ2n) is 8.55. The van der Waals surface area contributed by atoms with E-state index >= 15 is 0 Å². The highest BCUT2D eigenvalue weighted by atomic mass is 32.2. The maximum Gasteiger partial charge on any atom is 0.191 e. The first kappa shape index (κ1) is 21.4. The van der Waals surface area contributed by atoms with Gasteiger partial charge in [0.05, 0.1) is 0 Å². The number of likely N-dealkylation sites (tertiary alicyclic amines) is 1. The predicted molar refractivity (Wildman–Crippen MR) is 121 cm³/mol. The first-order chi connectivity index (χ1) is 15.5. The molecule has 0 bridgehead atoms. The van der Waals surface area contributed by atoms with Crippen LogP contribution in [0.4, 0.5) is 14.5 Å². The summed E-state index contributed by atoms with van der Waals surface area (Å²) in [5, 5.41) is 13.7. The molecule has 5 rings (SSSR count). The normalized spacial score (nSPS) is 20.9. The molecule has 0 N–H and O–H groups in total. The summed E-state index contributed by atoms with van der Waals surface area (Å²) in [5.74, 6) is 1.29. The minimum absolute atomic E-state index is 0.143. The molecule has 1 aromatic carbocycles. The highest BCUT2D eigenvalue weighted by Crippen LogP contribution is 2.37. The van der Waals surface area contributed by atoms with Gasteiger partial charge in [0.15, 0.2) is 11.0 Å². The van der Waals surface area contributed by atoms with Crippen LogP contribution in [0, 0.1) is 17.6 Å². The highest BCUT2D eigenvalue weighted by Gasteiger charge is 2.42.